The normalized spacial score (nSPS) is 17.1. The summed E-state index contributed by atoms with van der Waals surface area (Å²) >= 11 is 0. The van der Waals surface area contributed by atoms with Gasteiger partial charge < -0.3 is 9.74 Å². The standard InChI is InChI=1S/C18H24N2O2/c1-5-10-20(18(21)13(2)3)12-15-11-17(19-22-15)16-9-7-6-8-14(16)4/h5-9,13,15H,1,10-12H2,2-4H3. The highest BCUT2D eigenvalue weighted by molar-refractivity contribution is 6.02. The summed E-state index contributed by atoms with van der Waals surface area (Å²) in [5.74, 6) is 0.0888. The number of amides is 1. The molecule has 0 spiro atoms. The van der Waals surface area contributed by atoms with E-state index < -0.39 is 0 Å². The number of benzene rings is 1. The van der Waals surface area contributed by atoms with Crippen molar-refractivity contribution in [1.82, 2.24) is 4.90 Å². The van der Waals surface area contributed by atoms with Crippen molar-refractivity contribution in [3.63, 3.8) is 0 Å². The lowest BCUT2D eigenvalue weighted by Crippen LogP contribution is -2.40. The molecule has 118 valence electrons. The quantitative estimate of drug-likeness (QED) is 0.757. The molecule has 1 amide bonds. The Balaban J connectivity index is 2.01. The highest BCUT2D eigenvalue weighted by atomic mass is 16.6. The second kappa shape index (κ2) is 7.25. The first-order chi connectivity index (χ1) is 10.5. The highest BCUT2D eigenvalue weighted by Crippen LogP contribution is 2.20. The van der Waals surface area contributed by atoms with Crippen LogP contribution in [0.25, 0.3) is 0 Å². The van der Waals surface area contributed by atoms with Crippen LogP contribution in [-0.2, 0) is 9.63 Å². The van der Waals surface area contributed by atoms with E-state index in [-0.39, 0.29) is 17.9 Å². The molecule has 2 rings (SSSR count). The van der Waals surface area contributed by atoms with Crippen LogP contribution in [-0.4, -0.2) is 35.7 Å². The molecule has 4 heteroatoms. The van der Waals surface area contributed by atoms with Crippen LogP contribution >= 0.6 is 0 Å². The summed E-state index contributed by atoms with van der Waals surface area (Å²) in [7, 11) is 0. The van der Waals surface area contributed by atoms with Gasteiger partial charge in [-0.15, -0.1) is 6.58 Å². The van der Waals surface area contributed by atoms with E-state index in [1.54, 1.807) is 11.0 Å². The summed E-state index contributed by atoms with van der Waals surface area (Å²) in [6.45, 7) is 10.7. The lowest BCUT2D eigenvalue weighted by Gasteiger charge is -2.25. The molecule has 1 heterocycles. The number of carbonyl (C=O) groups excluding carboxylic acids is 1. The number of oxime groups is 1. The minimum atomic E-state index is -0.0859. The van der Waals surface area contributed by atoms with Gasteiger partial charge in [0.2, 0.25) is 5.91 Å². The first-order valence-electron chi connectivity index (χ1n) is 7.71. The summed E-state index contributed by atoms with van der Waals surface area (Å²) in [4.78, 5) is 19.5. The molecule has 4 nitrogen and oxygen atoms in total. The van der Waals surface area contributed by atoms with Crippen LogP contribution in [0.2, 0.25) is 0 Å². The summed E-state index contributed by atoms with van der Waals surface area (Å²) in [6.07, 6.45) is 2.39. The van der Waals surface area contributed by atoms with Gasteiger partial charge in [-0.05, 0) is 12.5 Å². The van der Waals surface area contributed by atoms with Crippen molar-refractivity contribution in [3.8, 4) is 0 Å². The van der Waals surface area contributed by atoms with E-state index in [0.29, 0.717) is 13.1 Å². The SMILES string of the molecule is C=CCN(CC1CC(c2ccccc2C)=NO1)C(=O)C(C)C. The van der Waals surface area contributed by atoms with Gasteiger partial charge in [-0.2, -0.15) is 0 Å². The van der Waals surface area contributed by atoms with E-state index in [9.17, 15) is 4.79 Å². The molecule has 0 fully saturated rings. The number of aryl methyl sites for hydroxylation is 1. The smallest absolute Gasteiger partial charge is 0.225 e. The summed E-state index contributed by atoms with van der Waals surface area (Å²) in [5, 5.41) is 4.22. The third kappa shape index (κ3) is 3.75. The zero-order chi connectivity index (χ0) is 16.1. The molecule has 1 atom stereocenters. The fraction of sp³-hybridized carbons (Fsp3) is 0.444. The molecule has 0 aliphatic carbocycles. The molecular weight excluding hydrogens is 276 g/mol. The predicted molar refractivity (Wildman–Crippen MR) is 88.8 cm³/mol. The molecule has 22 heavy (non-hydrogen) atoms. The first-order valence-corrected chi connectivity index (χ1v) is 7.71. The van der Waals surface area contributed by atoms with Crippen LogP contribution in [0.15, 0.2) is 42.1 Å². The highest BCUT2D eigenvalue weighted by Gasteiger charge is 2.27. The molecule has 0 saturated carbocycles. The van der Waals surface area contributed by atoms with Gasteiger partial charge >= 0.3 is 0 Å². The van der Waals surface area contributed by atoms with Gasteiger partial charge in [0.1, 0.15) is 0 Å². The molecule has 0 bridgehead atoms. The fourth-order valence-electron chi connectivity index (χ4n) is 2.60. The lowest BCUT2D eigenvalue weighted by atomic mass is 10.00. The minimum Gasteiger partial charge on any atom is -0.390 e. The second-order valence-electron chi connectivity index (χ2n) is 5.97. The molecule has 0 radical (unpaired) electrons. The van der Waals surface area contributed by atoms with Crippen molar-refractivity contribution < 1.29 is 9.63 Å². The van der Waals surface area contributed by atoms with Gasteiger partial charge in [0.05, 0.1) is 12.3 Å². The second-order valence-corrected chi connectivity index (χ2v) is 5.97. The summed E-state index contributed by atoms with van der Waals surface area (Å²) in [6, 6.07) is 8.14. The van der Waals surface area contributed by atoms with Gasteiger partial charge in [-0.3, -0.25) is 4.79 Å². The molecule has 0 aromatic heterocycles. The Hall–Kier alpha value is -2.10. The maximum absolute atomic E-state index is 12.2. The van der Waals surface area contributed by atoms with Gasteiger partial charge in [0, 0.05) is 24.4 Å². The van der Waals surface area contributed by atoms with Crippen molar-refractivity contribution in [1.29, 1.82) is 0 Å². The number of nitrogens with zero attached hydrogens (tertiary/aromatic N) is 2. The molecule has 0 N–H and O–H groups in total. The van der Waals surface area contributed by atoms with Crippen LogP contribution in [0.1, 0.15) is 31.4 Å². The number of carbonyl (C=O) groups is 1. The van der Waals surface area contributed by atoms with Crippen molar-refractivity contribution in [2.24, 2.45) is 11.1 Å². The monoisotopic (exact) mass is 300 g/mol. The van der Waals surface area contributed by atoms with Crippen molar-refractivity contribution >= 4 is 11.6 Å². The Morgan fingerprint density at radius 1 is 1.50 bits per heavy atom. The van der Waals surface area contributed by atoms with Crippen LogP contribution < -0.4 is 0 Å². The average molecular weight is 300 g/mol. The van der Waals surface area contributed by atoms with E-state index >= 15 is 0 Å². The molecule has 0 saturated heterocycles. The van der Waals surface area contributed by atoms with E-state index in [1.807, 2.05) is 26.0 Å². The van der Waals surface area contributed by atoms with E-state index in [4.69, 9.17) is 4.84 Å². The largest absolute Gasteiger partial charge is 0.390 e. The van der Waals surface area contributed by atoms with Crippen molar-refractivity contribution in [2.75, 3.05) is 13.1 Å². The molecule has 1 aromatic carbocycles. The number of hydrogen-bond donors (Lipinski definition) is 0. The molecular formula is C18H24N2O2. The topological polar surface area (TPSA) is 41.9 Å². The average Bonchev–Trinajstić information content (AvgIpc) is 2.94. The van der Waals surface area contributed by atoms with Crippen molar-refractivity contribution in [3.05, 3.63) is 48.0 Å². The number of hydrogen-bond acceptors (Lipinski definition) is 3. The first kappa shape index (κ1) is 16.3. The lowest BCUT2D eigenvalue weighted by molar-refractivity contribution is -0.135. The Morgan fingerprint density at radius 3 is 2.86 bits per heavy atom. The predicted octanol–water partition coefficient (Wildman–Crippen LogP) is 3.16. The van der Waals surface area contributed by atoms with Crippen LogP contribution in [0.5, 0.6) is 0 Å². The molecule has 1 aromatic rings. The third-order valence-corrected chi connectivity index (χ3v) is 3.77. The van der Waals surface area contributed by atoms with Crippen LogP contribution in [0, 0.1) is 12.8 Å². The Labute approximate surface area is 132 Å². The number of rotatable bonds is 6. The van der Waals surface area contributed by atoms with E-state index in [2.05, 4.69) is 30.8 Å². The Bertz CT molecular complexity index is 578. The van der Waals surface area contributed by atoms with E-state index in [0.717, 1.165) is 17.7 Å². The Kier molecular flexibility index (Phi) is 5.36. The zero-order valence-corrected chi connectivity index (χ0v) is 13.6. The maximum atomic E-state index is 12.2. The zero-order valence-electron chi connectivity index (χ0n) is 13.6. The Morgan fingerprint density at radius 2 is 2.23 bits per heavy atom. The molecule has 1 aliphatic heterocycles. The van der Waals surface area contributed by atoms with Gasteiger partial charge in [-0.1, -0.05) is 49.3 Å². The van der Waals surface area contributed by atoms with E-state index in [1.165, 1.54) is 5.56 Å². The van der Waals surface area contributed by atoms with Gasteiger partial charge in [-0.25, -0.2) is 0 Å². The van der Waals surface area contributed by atoms with Crippen molar-refractivity contribution in [2.45, 2.75) is 33.3 Å². The van der Waals surface area contributed by atoms with Crippen LogP contribution in [0.4, 0.5) is 0 Å². The van der Waals surface area contributed by atoms with Gasteiger partial charge in [0.15, 0.2) is 6.10 Å². The fourth-order valence-corrected chi connectivity index (χ4v) is 2.60. The molecule has 1 unspecified atom stereocenters. The maximum Gasteiger partial charge on any atom is 0.225 e. The summed E-state index contributed by atoms with van der Waals surface area (Å²) < 4.78 is 0. The van der Waals surface area contributed by atoms with Gasteiger partial charge in [0.25, 0.3) is 0 Å². The van der Waals surface area contributed by atoms with Crippen LogP contribution in [0.3, 0.4) is 0 Å². The third-order valence-electron chi connectivity index (χ3n) is 3.77. The summed E-state index contributed by atoms with van der Waals surface area (Å²) in [5.41, 5.74) is 3.26. The minimum absolute atomic E-state index is 0.0295. The molecule has 1 aliphatic rings.